The molecule has 4 heteroatoms. The zero-order chi connectivity index (χ0) is 10.6. The first-order valence-electron chi connectivity index (χ1n) is 4.98. The van der Waals surface area contributed by atoms with Crippen LogP contribution in [-0.4, -0.2) is 36.5 Å². The van der Waals surface area contributed by atoms with E-state index in [1.54, 1.807) is 0 Å². The van der Waals surface area contributed by atoms with Crippen molar-refractivity contribution >= 4 is 17.5 Å². The van der Waals surface area contributed by atoms with E-state index in [0.717, 1.165) is 19.4 Å². The molecular weight excluding hydrogens is 200 g/mol. The molecule has 0 atom stereocenters. The number of nitrogens with one attached hydrogen (secondary N) is 1. The molecule has 1 aliphatic carbocycles. The number of nitrogens with zero attached hydrogens (tertiary/aromatic N) is 1. The summed E-state index contributed by atoms with van der Waals surface area (Å²) in [5, 5.41) is 3.49. The normalized spacial score (nSPS) is 15.3. The summed E-state index contributed by atoms with van der Waals surface area (Å²) in [7, 11) is 0. The molecule has 1 N–H and O–H groups in total. The van der Waals surface area contributed by atoms with E-state index < -0.39 is 0 Å². The lowest BCUT2D eigenvalue weighted by Crippen LogP contribution is -2.39. The van der Waals surface area contributed by atoms with Crippen molar-refractivity contribution in [2.45, 2.75) is 25.8 Å². The van der Waals surface area contributed by atoms with Gasteiger partial charge in [-0.3, -0.25) is 4.79 Å². The van der Waals surface area contributed by atoms with Gasteiger partial charge in [-0.1, -0.05) is 18.2 Å². The van der Waals surface area contributed by atoms with Crippen LogP contribution in [0, 0.1) is 0 Å². The second-order valence-electron chi connectivity index (χ2n) is 3.53. The molecule has 1 fully saturated rings. The molecule has 3 nitrogen and oxygen atoms in total. The summed E-state index contributed by atoms with van der Waals surface area (Å²) in [5.41, 5.74) is 0. The van der Waals surface area contributed by atoms with Gasteiger partial charge in [-0.2, -0.15) is 0 Å². The third kappa shape index (κ3) is 3.68. The van der Waals surface area contributed by atoms with E-state index in [0.29, 0.717) is 24.2 Å². The highest BCUT2D eigenvalue weighted by atomic mass is 35.5. The SMILES string of the molecule is C=C(Cl)CNCC(=O)N(CC)C1CC1. The Morgan fingerprint density at radius 3 is 2.64 bits per heavy atom. The van der Waals surface area contributed by atoms with E-state index >= 15 is 0 Å². The van der Waals surface area contributed by atoms with Crippen LogP contribution in [0.1, 0.15) is 19.8 Å². The van der Waals surface area contributed by atoms with Gasteiger partial charge in [0, 0.05) is 24.2 Å². The highest BCUT2D eigenvalue weighted by Crippen LogP contribution is 2.26. The molecule has 1 amide bonds. The van der Waals surface area contributed by atoms with Gasteiger partial charge >= 0.3 is 0 Å². The number of likely N-dealkylation sites (N-methyl/N-ethyl adjacent to an activating group) is 1. The van der Waals surface area contributed by atoms with Gasteiger partial charge in [0.25, 0.3) is 0 Å². The van der Waals surface area contributed by atoms with Crippen molar-refractivity contribution in [3.63, 3.8) is 0 Å². The van der Waals surface area contributed by atoms with Crippen molar-refractivity contribution < 1.29 is 4.79 Å². The Balaban J connectivity index is 2.21. The average molecular weight is 217 g/mol. The van der Waals surface area contributed by atoms with E-state index in [-0.39, 0.29) is 5.91 Å². The number of carbonyl (C=O) groups excluding carboxylic acids is 1. The Morgan fingerprint density at radius 1 is 1.57 bits per heavy atom. The van der Waals surface area contributed by atoms with E-state index in [9.17, 15) is 4.79 Å². The molecule has 0 aromatic heterocycles. The number of carbonyl (C=O) groups is 1. The molecule has 0 spiro atoms. The molecule has 80 valence electrons. The Kier molecular flexibility index (Phi) is 4.42. The van der Waals surface area contributed by atoms with Crippen LogP contribution in [0.3, 0.4) is 0 Å². The van der Waals surface area contributed by atoms with E-state index in [4.69, 9.17) is 11.6 Å². The standard InChI is InChI=1S/C10H17ClN2O/c1-3-13(9-4-5-9)10(14)7-12-6-8(2)11/h9,12H,2-7H2,1H3. The van der Waals surface area contributed by atoms with E-state index in [2.05, 4.69) is 11.9 Å². The fourth-order valence-electron chi connectivity index (χ4n) is 1.43. The summed E-state index contributed by atoms with van der Waals surface area (Å²) >= 11 is 5.57. The van der Waals surface area contributed by atoms with Gasteiger partial charge in [-0.25, -0.2) is 0 Å². The van der Waals surface area contributed by atoms with Crippen LogP contribution in [0.5, 0.6) is 0 Å². The maximum Gasteiger partial charge on any atom is 0.236 e. The van der Waals surface area contributed by atoms with Crippen LogP contribution in [0.2, 0.25) is 0 Å². The maximum atomic E-state index is 11.6. The highest BCUT2D eigenvalue weighted by molar-refractivity contribution is 6.29. The molecule has 0 heterocycles. The Bertz CT molecular complexity index is 226. The molecule has 0 saturated heterocycles. The fourth-order valence-corrected chi connectivity index (χ4v) is 1.53. The zero-order valence-electron chi connectivity index (χ0n) is 8.55. The van der Waals surface area contributed by atoms with E-state index in [1.165, 1.54) is 0 Å². The zero-order valence-corrected chi connectivity index (χ0v) is 9.31. The largest absolute Gasteiger partial charge is 0.339 e. The first-order valence-corrected chi connectivity index (χ1v) is 5.36. The monoisotopic (exact) mass is 216 g/mol. The van der Waals surface area contributed by atoms with Crippen molar-refractivity contribution in [2.24, 2.45) is 0 Å². The van der Waals surface area contributed by atoms with Gasteiger partial charge < -0.3 is 10.2 Å². The average Bonchev–Trinajstić information content (AvgIpc) is 2.89. The first-order chi connectivity index (χ1) is 6.65. The predicted molar refractivity (Wildman–Crippen MR) is 58.3 cm³/mol. The van der Waals surface area contributed by atoms with Gasteiger partial charge in [-0.15, -0.1) is 0 Å². The van der Waals surface area contributed by atoms with Gasteiger partial charge in [0.15, 0.2) is 0 Å². The molecule has 0 aromatic carbocycles. The second-order valence-corrected chi connectivity index (χ2v) is 4.07. The van der Waals surface area contributed by atoms with Crippen molar-refractivity contribution in [1.82, 2.24) is 10.2 Å². The topological polar surface area (TPSA) is 32.3 Å². The van der Waals surface area contributed by atoms with Crippen molar-refractivity contribution in [3.8, 4) is 0 Å². The van der Waals surface area contributed by atoms with Gasteiger partial charge in [-0.05, 0) is 19.8 Å². The lowest BCUT2D eigenvalue weighted by Gasteiger charge is -2.20. The summed E-state index contributed by atoms with van der Waals surface area (Å²) in [6.07, 6.45) is 2.31. The first kappa shape index (κ1) is 11.5. The van der Waals surface area contributed by atoms with E-state index in [1.807, 2.05) is 11.8 Å². The van der Waals surface area contributed by atoms with Crippen LogP contribution in [0.25, 0.3) is 0 Å². The van der Waals surface area contributed by atoms with Crippen LogP contribution in [0.15, 0.2) is 11.6 Å². The van der Waals surface area contributed by atoms with Crippen molar-refractivity contribution in [2.75, 3.05) is 19.6 Å². The quantitative estimate of drug-likeness (QED) is 0.727. The van der Waals surface area contributed by atoms with Gasteiger partial charge in [0.1, 0.15) is 0 Å². The predicted octanol–water partition coefficient (Wildman–Crippen LogP) is 1.34. The molecule has 0 aromatic rings. The molecule has 0 radical (unpaired) electrons. The summed E-state index contributed by atoms with van der Waals surface area (Å²) in [5.74, 6) is 0.160. The molecule has 1 rings (SSSR count). The molecular formula is C10H17ClN2O. The smallest absolute Gasteiger partial charge is 0.236 e. The van der Waals surface area contributed by atoms with Crippen LogP contribution in [-0.2, 0) is 4.79 Å². The summed E-state index contributed by atoms with van der Waals surface area (Å²) in [6, 6.07) is 0.494. The van der Waals surface area contributed by atoms with Crippen molar-refractivity contribution in [1.29, 1.82) is 0 Å². The Labute approximate surface area is 90.1 Å². The summed E-state index contributed by atoms with van der Waals surface area (Å²) in [4.78, 5) is 13.5. The number of hydrogen-bond acceptors (Lipinski definition) is 2. The minimum atomic E-state index is 0.160. The number of halogens is 1. The van der Waals surface area contributed by atoms with Crippen LogP contribution >= 0.6 is 11.6 Å². The summed E-state index contributed by atoms with van der Waals surface area (Å²) < 4.78 is 0. The third-order valence-electron chi connectivity index (χ3n) is 2.24. The fraction of sp³-hybridized carbons (Fsp3) is 0.700. The van der Waals surface area contributed by atoms with Crippen LogP contribution in [0.4, 0.5) is 0 Å². The second kappa shape index (κ2) is 5.37. The number of amides is 1. The van der Waals surface area contributed by atoms with Crippen molar-refractivity contribution in [3.05, 3.63) is 11.6 Å². The minimum Gasteiger partial charge on any atom is -0.339 e. The lowest BCUT2D eigenvalue weighted by molar-refractivity contribution is -0.130. The minimum absolute atomic E-state index is 0.160. The molecule has 1 saturated carbocycles. The molecule has 0 aliphatic heterocycles. The third-order valence-corrected chi connectivity index (χ3v) is 2.38. The number of hydrogen-bond donors (Lipinski definition) is 1. The molecule has 1 aliphatic rings. The molecule has 0 bridgehead atoms. The highest BCUT2D eigenvalue weighted by Gasteiger charge is 2.30. The van der Waals surface area contributed by atoms with Crippen LogP contribution < -0.4 is 5.32 Å². The van der Waals surface area contributed by atoms with Gasteiger partial charge in [0.05, 0.1) is 6.54 Å². The maximum absolute atomic E-state index is 11.6. The summed E-state index contributed by atoms with van der Waals surface area (Å²) in [6.45, 7) is 7.20. The lowest BCUT2D eigenvalue weighted by atomic mass is 10.4. The Hall–Kier alpha value is -0.540. The molecule has 0 unspecified atom stereocenters. The molecule has 14 heavy (non-hydrogen) atoms. The number of rotatable bonds is 6. The Morgan fingerprint density at radius 2 is 2.21 bits per heavy atom. The van der Waals surface area contributed by atoms with Gasteiger partial charge in [0.2, 0.25) is 5.91 Å².